The van der Waals surface area contributed by atoms with Crippen molar-refractivity contribution in [3.8, 4) is 0 Å². The van der Waals surface area contributed by atoms with Crippen molar-refractivity contribution in [1.29, 1.82) is 0 Å². The van der Waals surface area contributed by atoms with Gasteiger partial charge in [-0.2, -0.15) is 0 Å². The highest BCUT2D eigenvalue weighted by molar-refractivity contribution is 14.1. The van der Waals surface area contributed by atoms with Crippen LogP contribution >= 0.6 is 22.6 Å². The van der Waals surface area contributed by atoms with E-state index in [0.717, 1.165) is 10.8 Å². The number of halogens is 1. The minimum atomic E-state index is -1.60. The summed E-state index contributed by atoms with van der Waals surface area (Å²) in [6, 6.07) is 0. The van der Waals surface area contributed by atoms with Crippen LogP contribution in [0, 0.1) is 0 Å². The molecule has 0 aliphatic carbocycles. The topological polar surface area (TPSA) is 9.23 Å². The zero-order valence-electron chi connectivity index (χ0n) is 10.1. The molecule has 0 fully saturated rings. The first-order chi connectivity index (χ1) is 6.24. The molecule has 0 radical (unpaired) electrons. The third-order valence-electron chi connectivity index (χ3n) is 2.91. The average molecular weight is 326 g/mol. The molecule has 0 aromatic heterocycles. The highest BCUT2D eigenvalue weighted by atomic mass is 127. The lowest BCUT2D eigenvalue weighted by atomic mass is 10.2. The van der Waals surface area contributed by atoms with E-state index < -0.39 is 8.32 Å². The van der Waals surface area contributed by atoms with Crippen molar-refractivity contribution in [3.63, 3.8) is 0 Å². The van der Waals surface area contributed by atoms with Crippen LogP contribution in [0.4, 0.5) is 0 Å². The van der Waals surface area contributed by atoms with E-state index >= 15 is 0 Å². The van der Waals surface area contributed by atoms with Crippen molar-refractivity contribution in [1.82, 2.24) is 0 Å². The third kappa shape index (κ3) is 4.44. The molecular formula is C11H23IOSi. The van der Waals surface area contributed by atoms with Crippen LogP contribution in [-0.4, -0.2) is 18.8 Å². The molecule has 84 valence electrons. The molecule has 0 aliphatic rings. The van der Waals surface area contributed by atoms with E-state index in [1.165, 1.54) is 0 Å². The lowest BCUT2D eigenvalue weighted by Crippen LogP contribution is -2.43. The summed E-state index contributed by atoms with van der Waals surface area (Å²) in [4.78, 5) is 0. The fourth-order valence-corrected chi connectivity index (χ4v) is 2.83. The summed E-state index contributed by atoms with van der Waals surface area (Å²) in [7, 11) is -1.60. The predicted octanol–water partition coefficient (Wildman–Crippen LogP) is 4.39. The molecule has 0 aromatic carbocycles. The molecule has 0 aromatic rings. The van der Waals surface area contributed by atoms with Crippen LogP contribution in [0.1, 0.15) is 27.2 Å². The fraction of sp³-hybridized carbons (Fsp3) is 0.818. The van der Waals surface area contributed by atoms with Crippen molar-refractivity contribution in [3.05, 3.63) is 12.7 Å². The highest BCUT2D eigenvalue weighted by Gasteiger charge is 2.38. The minimum Gasteiger partial charge on any atom is -0.411 e. The Balaban J connectivity index is 4.39. The first-order valence-electron chi connectivity index (χ1n) is 5.11. The van der Waals surface area contributed by atoms with Gasteiger partial charge in [-0.1, -0.05) is 49.4 Å². The van der Waals surface area contributed by atoms with Crippen molar-refractivity contribution >= 4 is 30.9 Å². The molecule has 0 amide bonds. The highest BCUT2D eigenvalue weighted by Crippen LogP contribution is 2.37. The van der Waals surface area contributed by atoms with Gasteiger partial charge in [0.05, 0.1) is 6.10 Å². The molecule has 0 saturated carbocycles. The van der Waals surface area contributed by atoms with E-state index in [-0.39, 0.29) is 6.10 Å². The Morgan fingerprint density at radius 3 is 2.21 bits per heavy atom. The van der Waals surface area contributed by atoms with E-state index in [1.54, 1.807) is 0 Å². The summed E-state index contributed by atoms with van der Waals surface area (Å²) in [5.74, 6) is 0. The van der Waals surface area contributed by atoms with Crippen LogP contribution in [0.25, 0.3) is 0 Å². The molecule has 3 heteroatoms. The van der Waals surface area contributed by atoms with Gasteiger partial charge in [0.2, 0.25) is 0 Å². The molecule has 1 nitrogen and oxygen atoms in total. The van der Waals surface area contributed by atoms with Crippen LogP contribution in [0.5, 0.6) is 0 Å². The quantitative estimate of drug-likeness (QED) is 0.315. The molecule has 1 unspecified atom stereocenters. The maximum Gasteiger partial charge on any atom is 0.192 e. The summed E-state index contributed by atoms with van der Waals surface area (Å²) >= 11 is 2.39. The van der Waals surface area contributed by atoms with Gasteiger partial charge < -0.3 is 4.43 Å². The van der Waals surface area contributed by atoms with Gasteiger partial charge in [0.15, 0.2) is 8.32 Å². The molecule has 0 N–H and O–H groups in total. The second-order valence-electron chi connectivity index (χ2n) is 5.13. The molecule has 0 spiro atoms. The maximum absolute atomic E-state index is 6.21. The monoisotopic (exact) mass is 326 g/mol. The zero-order valence-corrected chi connectivity index (χ0v) is 13.2. The van der Waals surface area contributed by atoms with Crippen LogP contribution in [-0.2, 0) is 4.43 Å². The summed E-state index contributed by atoms with van der Waals surface area (Å²) in [6.07, 6.45) is 3.27. The summed E-state index contributed by atoms with van der Waals surface area (Å²) in [5, 5.41) is 0.291. The molecule has 1 atom stereocenters. The zero-order chi connectivity index (χ0) is 11.4. The maximum atomic E-state index is 6.21. The van der Waals surface area contributed by atoms with Crippen LogP contribution in [0.15, 0.2) is 12.7 Å². The normalized spacial score (nSPS) is 15.3. The number of hydrogen-bond acceptors (Lipinski definition) is 1. The van der Waals surface area contributed by atoms with Crippen LogP contribution in [0.3, 0.4) is 0 Å². The smallest absolute Gasteiger partial charge is 0.192 e. The van der Waals surface area contributed by atoms with E-state index in [2.05, 4.69) is 63.0 Å². The Morgan fingerprint density at radius 1 is 1.43 bits per heavy atom. The molecule has 0 rings (SSSR count). The Labute approximate surface area is 104 Å². The minimum absolute atomic E-state index is 0.243. The molecular weight excluding hydrogens is 303 g/mol. The van der Waals surface area contributed by atoms with Crippen molar-refractivity contribution in [2.45, 2.75) is 51.4 Å². The fourth-order valence-electron chi connectivity index (χ4n) is 0.888. The van der Waals surface area contributed by atoms with Gasteiger partial charge in [-0.05, 0) is 24.6 Å². The second-order valence-corrected chi connectivity index (χ2v) is 11.0. The number of alkyl halides is 1. The molecule has 0 bridgehead atoms. The molecule has 0 heterocycles. The van der Waals surface area contributed by atoms with Crippen molar-refractivity contribution < 1.29 is 4.43 Å². The first kappa shape index (κ1) is 14.6. The van der Waals surface area contributed by atoms with Crippen molar-refractivity contribution in [2.75, 3.05) is 4.43 Å². The SMILES string of the molecule is C=CC(CCI)O[Si](C)(C)C(C)(C)C. The largest absolute Gasteiger partial charge is 0.411 e. The first-order valence-corrected chi connectivity index (χ1v) is 9.54. The van der Waals surface area contributed by atoms with Gasteiger partial charge in [0.25, 0.3) is 0 Å². The van der Waals surface area contributed by atoms with E-state index in [0.29, 0.717) is 5.04 Å². The van der Waals surface area contributed by atoms with Gasteiger partial charge in [0, 0.05) is 4.43 Å². The Hall–Kier alpha value is 0.647. The van der Waals surface area contributed by atoms with Crippen LogP contribution in [0.2, 0.25) is 18.1 Å². The lowest BCUT2D eigenvalue weighted by Gasteiger charge is -2.38. The molecule has 0 saturated heterocycles. The van der Waals surface area contributed by atoms with E-state index in [1.807, 2.05) is 6.08 Å². The number of rotatable bonds is 5. The molecule has 14 heavy (non-hydrogen) atoms. The third-order valence-corrected chi connectivity index (χ3v) is 8.04. The van der Waals surface area contributed by atoms with Gasteiger partial charge in [-0.15, -0.1) is 6.58 Å². The van der Waals surface area contributed by atoms with Gasteiger partial charge >= 0.3 is 0 Å². The van der Waals surface area contributed by atoms with Gasteiger partial charge in [0.1, 0.15) is 0 Å². The van der Waals surface area contributed by atoms with Crippen molar-refractivity contribution in [2.24, 2.45) is 0 Å². The van der Waals surface area contributed by atoms with Gasteiger partial charge in [-0.25, -0.2) is 0 Å². The summed E-state index contributed by atoms with van der Waals surface area (Å²) in [6.45, 7) is 15.2. The second kappa shape index (κ2) is 5.65. The molecule has 0 aliphatic heterocycles. The average Bonchev–Trinajstić information content (AvgIpc) is 2.01. The van der Waals surface area contributed by atoms with E-state index in [4.69, 9.17) is 4.43 Å². The lowest BCUT2D eigenvalue weighted by molar-refractivity contribution is 0.223. The van der Waals surface area contributed by atoms with Crippen LogP contribution < -0.4 is 0 Å². The summed E-state index contributed by atoms with van der Waals surface area (Å²) in [5.41, 5.74) is 0. The Morgan fingerprint density at radius 2 is 1.93 bits per heavy atom. The standard InChI is InChI=1S/C11H23IOSi/c1-7-10(8-9-12)13-14(5,6)11(2,3)4/h7,10H,1,8-9H2,2-6H3. The Bertz CT molecular complexity index is 184. The predicted molar refractivity (Wildman–Crippen MR) is 75.8 cm³/mol. The Kier molecular flexibility index (Phi) is 5.92. The number of hydrogen-bond donors (Lipinski definition) is 0. The van der Waals surface area contributed by atoms with E-state index in [9.17, 15) is 0 Å². The van der Waals surface area contributed by atoms with Gasteiger partial charge in [-0.3, -0.25) is 0 Å². The summed E-state index contributed by atoms with van der Waals surface area (Å²) < 4.78 is 7.34.